The largest absolute Gasteiger partial charge is 0.352 e. The van der Waals surface area contributed by atoms with E-state index in [0.717, 1.165) is 31.5 Å². The lowest BCUT2D eigenvalue weighted by Gasteiger charge is -2.27. The number of nitrogens with zero attached hydrogens (tertiary/aromatic N) is 2. The summed E-state index contributed by atoms with van der Waals surface area (Å²) in [5.41, 5.74) is 0.918. The summed E-state index contributed by atoms with van der Waals surface area (Å²) < 4.78 is 0. The molecule has 1 aromatic carbocycles. The summed E-state index contributed by atoms with van der Waals surface area (Å²) in [5, 5.41) is 7.40. The highest BCUT2D eigenvalue weighted by atomic mass is 35.5. The molecule has 0 bridgehead atoms. The topological polar surface area (TPSA) is 56.7 Å². The van der Waals surface area contributed by atoms with Crippen LogP contribution in [0.25, 0.3) is 0 Å². The van der Waals surface area contributed by atoms with Gasteiger partial charge in [0, 0.05) is 36.7 Å². The lowest BCUT2D eigenvalue weighted by molar-refractivity contribution is -0.130. The molecule has 0 saturated carbocycles. The monoisotopic (exact) mass is 356 g/mol. The first-order chi connectivity index (χ1) is 11.1. The molecule has 1 aliphatic rings. The Kier molecular flexibility index (Phi) is 6.99. The third-order valence-electron chi connectivity index (χ3n) is 3.80. The van der Waals surface area contributed by atoms with Crippen molar-refractivity contribution in [2.45, 2.75) is 25.8 Å². The van der Waals surface area contributed by atoms with E-state index in [4.69, 9.17) is 23.2 Å². The molecule has 1 heterocycles. The van der Waals surface area contributed by atoms with Crippen molar-refractivity contribution in [1.82, 2.24) is 15.5 Å². The van der Waals surface area contributed by atoms with Gasteiger partial charge in [-0.3, -0.25) is 9.79 Å². The maximum atomic E-state index is 12.1. The highest BCUT2D eigenvalue weighted by molar-refractivity contribution is 6.35. The van der Waals surface area contributed by atoms with E-state index < -0.39 is 0 Å². The molecule has 2 N–H and O–H groups in total. The number of guanidine groups is 1. The van der Waals surface area contributed by atoms with Gasteiger partial charge in [-0.05, 0) is 37.0 Å². The number of rotatable bonds is 4. The summed E-state index contributed by atoms with van der Waals surface area (Å²) in [6, 6.07) is 5.36. The number of carbonyl (C=O) groups excluding carboxylic acids is 1. The fourth-order valence-electron chi connectivity index (χ4n) is 2.48. The molecule has 1 aliphatic heterocycles. The summed E-state index contributed by atoms with van der Waals surface area (Å²) in [6.07, 6.45) is 3.39. The van der Waals surface area contributed by atoms with Crippen molar-refractivity contribution in [1.29, 1.82) is 0 Å². The second kappa shape index (κ2) is 8.99. The van der Waals surface area contributed by atoms with E-state index >= 15 is 0 Å². The zero-order valence-electron chi connectivity index (χ0n) is 13.2. The predicted octanol–water partition coefficient (Wildman–Crippen LogP) is 2.67. The van der Waals surface area contributed by atoms with E-state index in [1.54, 1.807) is 19.2 Å². The Hall–Kier alpha value is -1.46. The van der Waals surface area contributed by atoms with Crippen molar-refractivity contribution in [3.8, 4) is 0 Å². The van der Waals surface area contributed by atoms with Crippen LogP contribution in [0.15, 0.2) is 23.2 Å². The molecule has 0 atom stereocenters. The minimum Gasteiger partial charge on any atom is -0.352 e. The van der Waals surface area contributed by atoms with Crippen molar-refractivity contribution in [2.75, 3.05) is 26.7 Å². The first kappa shape index (κ1) is 17.9. The molecule has 0 radical (unpaired) electrons. The second-order valence-corrected chi connectivity index (χ2v) is 6.30. The number of hydrogen-bond donors (Lipinski definition) is 2. The van der Waals surface area contributed by atoms with E-state index in [1.807, 2.05) is 11.0 Å². The SMILES string of the molecule is CN=C(NCC(=O)N1CCCCC1)NCc1ccc(Cl)cc1Cl. The normalized spacial score (nSPS) is 15.4. The number of carbonyl (C=O) groups is 1. The smallest absolute Gasteiger partial charge is 0.241 e. The predicted molar refractivity (Wildman–Crippen MR) is 95.1 cm³/mol. The van der Waals surface area contributed by atoms with Crippen LogP contribution >= 0.6 is 23.2 Å². The highest BCUT2D eigenvalue weighted by Gasteiger charge is 2.16. The summed E-state index contributed by atoms with van der Waals surface area (Å²) in [4.78, 5) is 18.2. The lowest BCUT2D eigenvalue weighted by Crippen LogP contribution is -2.45. The van der Waals surface area contributed by atoms with Crippen LogP contribution < -0.4 is 10.6 Å². The van der Waals surface area contributed by atoms with Gasteiger partial charge in [0.2, 0.25) is 5.91 Å². The average molecular weight is 357 g/mol. The van der Waals surface area contributed by atoms with Crippen LogP contribution in [0.1, 0.15) is 24.8 Å². The van der Waals surface area contributed by atoms with E-state index in [0.29, 0.717) is 22.5 Å². The number of likely N-dealkylation sites (tertiary alicyclic amines) is 1. The summed E-state index contributed by atoms with van der Waals surface area (Å²) in [6.45, 7) is 2.46. The Morgan fingerprint density at radius 3 is 2.61 bits per heavy atom. The van der Waals surface area contributed by atoms with Gasteiger partial charge in [0.25, 0.3) is 0 Å². The molecule has 1 amide bonds. The number of hydrogen-bond acceptors (Lipinski definition) is 2. The number of piperidine rings is 1. The van der Waals surface area contributed by atoms with Crippen LogP contribution in [0.3, 0.4) is 0 Å². The Morgan fingerprint density at radius 2 is 1.96 bits per heavy atom. The van der Waals surface area contributed by atoms with E-state index in [-0.39, 0.29) is 12.5 Å². The van der Waals surface area contributed by atoms with Crippen molar-refractivity contribution in [3.05, 3.63) is 33.8 Å². The Balaban J connectivity index is 1.80. The molecule has 126 valence electrons. The van der Waals surface area contributed by atoms with Crippen LogP contribution in [-0.4, -0.2) is 43.4 Å². The van der Waals surface area contributed by atoms with Gasteiger partial charge in [-0.2, -0.15) is 0 Å². The number of aliphatic imine (C=N–C) groups is 1. The van der Waals surface area contributed by atoms with Gasteiger partial charge in [-0.25, -0.2) is 0 Å². The van der Waals surface area contributed by atoms with Crippen LogP contribution in [0.5, 0.6) is 0 Å². The van der Waals surface area contributed by atoms with Gasteiger partial charge < -0.3 is 15.5 Å². The van der Waals surface area contributed by atoms with E-state index in [2.05, 4.69) is 15.6 Å². The molecule has 0 unspecified atom stereocenters. The molecule has 7 heteroatoms. The van der Waals surface area contributed by atoms with Gasteiger partial charge >= 0.3 is 0 Å². The molecular formula is C16H22Cl2N4O. The second-order valence-electron chi connectivity index (χ2n) is 5.46. The van der Waals surface area contributed by atoms with Crippen LogP contribution in [0.4, 0.5) is 0 Å². The molecule has 0 spiro atoms. The standard InChI is InChI=1S/C16H22Cl2N4O/c1-19-16(20-10-12-5-6-13(17)9-14(12)18)21-11-15(23)22-7-3-2-4-8-22/h5-6,9H,2-4,7-8,10-11H2,1H3,(H2,19,20,21). The first-order valence-corrected chi connectivity index (χ1v) is 8.52. The number of nitrogens with one attached hydrogen (secondary N) is 2. The molecule has 1 aromatic rings. The maximum absolute atomic E-state index is 12.1. The number of amides is 1. The Morgan fingerprint density at radius 1 is 1.22 bits per heavy atom. The molecule has 0 aliphatic carbocycles. The van der Waals surface area contributed by atoms with Crippen molar-refractivity contribution in [2.24, 2.45) is 4.99 Å². The van der Waals surface area contributed by atoms with Gasteiger partial charge in [0.1, 0.15) is 0 Å². The molecule has 0 aromatic heterocycles. The molecule has 1 saturated heterocycles. The highest BCUT2D eigenvalue weighted by Crippen LogP contribution is 2.20. The Labute approximate surface area is 147 Å². The molecule has 23 heavy (non-hydrogen) atoms. The fraction of sp³-hybridized carbons (Fsp3) is 0.500. The van der Waals surface area contributed by atoms with Gasteiger partial charge in [0.05, 0.1) is 6.54 Å². The molecular weight excluding hydrogens is 335 g/mol. The lowest BCUT2D eigenvalue weighted by atomic mass is 10.1. The molecule has 2 rings (SSSR count). The van der Waals surface area contributed by atoms with Crippen LogP contribution in [0, 0.1) is 0 Å². The third kappa shape index (κ3) is 5.59. The summed E-state index contributed by atoms with van der Waals surface area (Å²) in [5.74, 6) is 0.679. The molecule has 5 nitrogen and oxygen atoms in total. The minimum atomic E-state index is 0.108. The van der Waals surface area contributed by atoms with Crippen molar-refractivity contribution < 1.29 is 4.79 Å². The van der Waals surface area contributed by atoms with E-state index in [9.17, 15) is 4.79 Å². The molecule has 1 fully saturated rings. The Bertz CT molecular complexity index is 571. The third-order valence-corrected chi connectivity index (χ3v) is 4.39. The van der Waals surface area contributed by atoms with Gasteiger partial charge in [-0.1, -0.05) is 29.3 Å². The number of benzene rings is 1. The summed E-state index contributed by atoms with van der Waals surface area (Å²) in [7, 11) is 1.67. The van der Waals surface area contributed by atoms with Crippen molar-refractivity contribution >= 4 is 35.1 Å². The van der Waals surface area contributed by atoms with Crippen LogP contribution in [-0.2, 0) is 11.3 Å². The fourth-order valence-corrected chi connectivity index (χ4v) is 2.95. The van der Waals surface area contributed by atoms with Crippen LogP contribution in [0.2, 0.25) is 10.0 Å². The van der Waals surface area contributed by atoms with E-state index in [1.165, 1.54) is 6.42 Å². The van der Waals surface area contributed by atoms with Crippen molar-refractivity contribution in [3.63, 3.8) is 0 Å². The minimum absolute atomic E-state index is 0.108. The quantitative estimate of drug-likeness (QED) is 0.644. The zero-order valence-corrected chi connectivity index (χ0v) is 14.8. The summed E-state index contributed by atoms with van der Waals surface area (Å²) >= 11 is 12.0. The zero-order chi connectivity index (χ0) is 16.7. The van der Waals surface area contributed by atoms with Gasteiger partial charge in [0.15, 0.2) is 5.96 Å². The average Bonchev–Trinajstić information content (AvgIpc) is 2.57. The number of halogens is 2. The van der Waals surface area contributed by atoms with Gasteiger partial charge in [-0.15, -0.1) is 0 Å². The first-order valence-electron chi connectivity index (χ1n) is 7.76. The maximum Gasteiger partial charge on any atom is 0.241 e.